The van der Waals surface area contributed by atoms with Crippen LogP contribution in [0.15, 0.2) is 91.0 Å². The zero-order valence-electron chi connectivity index (χ0n) is 15.4. The first-order chi connectivity index (χ1) is 12.8. The predicted molar refractivity (Wildman–Crippen MR) is 116 cm³/mol. The second-order valence-corrected chi connectivity index (χ2v) is 12.3. The van der Waals surface area contributed by atoms with E-state index in [1.807, 2.05) is 0 Å². The van der Waals surface area contributed by atoms with E-state index in [1.165, 1.54) is 15.9 Å². The average Bonchev–Trinajstić information content (AvgIpc) is 2.73. The van der Waals surface area contributed by atoms with Crippen LogP contribution in [0.25, 0.3) is 0 Å². The van der Waals surface area contributed by atoms with Gasteiger partial charge in [-0.05, 0) is 0 Å². The van der Waals surface area contributed by atoms with Crippen molar-refractivity contribution in [2.24, 2.45) is 0 Å². The predicted octanol–water partition coefficient (Wildman–Crippen LogP) is 4.52. The molecule has 0 spiro atoms. The molecule has 3 aromatic rings. The SMILES string of the molecule is CCCCP(CC=O)(c1ccccc1)(c1ccccc1)c1ccccc1. The van der Waals surface area contributed by atoms with Gasteiger partial charge in [-0.3, -0.25) is 0 Å². The molecule has 26 heavy (non-hydrogen) atoms. The van der Waals surface area contributed by atoms with E-state index < -0.39 is 6.60 Å². The van der Waals surface area contributed by atoms with Crippen LogP contribution in [0.1, 0.15) is 19.8 Å². The molecule has 0 aliphatic carbocycles. The molecular formula is C24H27OP. The minimum absolute atomic E-state index is 0.559. The molecule has 0 radical (unpaired) electrons. The molecule has 0 amide bonds. The quantitative estimate of drug-likeness (QED) is 0.425. The van der Waals surface area contributed by atoms with Crippen LogP contribution in [0.4, 0.5) is 0 Å². The second-order valence-electron chi connectivity index (χ2n) is 6.94. The number of hydrogen-bond acceptors (Lipinski definition) is 1. The molecule has 2 heteroatoms. The van der Waals surface area contributed by atoms with Crippen molar-refractivity contribution in [3.05, 3.63) is 91.0 Å². The van der Waals surface area contributed by atoms with E-state index in [0.717, 1.165) is 25.3 Å². The number of aldehydes is 1. The molecule has 0 saturated carbocycles. The van der Waals surface area contributed by atoms with Crippen LogP contribution in [-0.4, -0.2) is 18.6 Å². The van der Waals surface area contributed by atoms with Gasteiger partial charge in [0.05, 0.1) is 0 Å². The van der Waals surface area contributed by atoms with Gasteiger partial charge in [-0.15, -0.1) is 0 Å². The van der Waals surface area contributed by atoms with E-state index in [1.54, 1.807) is 0 Å². The summed E-state index contributed by atoms with van der Waals surface area (Å²) in [5.74, 6) is 0. The van der Waals surface area contributed by atoms with Crippen molar-refractivity contribution in [1.29, 1.82) is 0 Å². The first-order valence-electron chi connectivity index (χ1n) is 9.39. The van der Waals surface area contributed by atoms with Crippen molar-refractivity contribution in [3.8, 4) is 0 Å². The first kappa shape index (κ1) is 18.5. The van der Waals surface area contributed by atoms with E-state index in [4.69, 9.17) is 0 Å². The van der Waals surface area contributed by atoms with Gasteiger partial charge in [-0.25, -0.2) is 0 Å². The van der Waals surface area contributed by atoms with Crippen molar-refractivity contribution < 1.29 is 4.79 Å². The Hall–Kier alpha value is -2.24. The van der Waals surface area contributed by atoms with Gasteiger partial charge >= 0.3 is 157 Å². The normalized spacial score (nSPS) is 12.9. The summed E-state index contributed by atoms with van der Waals surface area (Å²) in [7, 11) is 0. The molecule has 1 nitrogen and oxygen atoms in total. The van der Waals surface area contributed by atoms with Crippen LogP contribution in [0.3, 0.4) is 0 Å². The third-order valence-corrected chi connectivity index (χ3v) is 12.5. The Morgan fingerprint density at radius 3 is 1.38 bits per heavy atom. The van der Waals surface area contributed by atoms with Gasteiger partial charge in [-0.2, -0.15) is 0 Å². The molecule has 0 unspecified atom stereocenters. The van der Waals surface area contributed by atoms with Crippen molar-refractivity contribution in [1.82, 2.24) is 0 Å². The molecule has 134 valence electrons. The summed E-state index contributed by atoms with van der Waals surface area (Å²) in [5.41, 5.74) is 0. The zero-order valence-corrected chi connectivity index (χ0v) is 16.3. The number of hydrogen-bond donors (Lipinski definition) is 0. The molecule has 0 saturated heterocycles. The Bertz CT molecular complexity index is 728. The van der Waals surface area contributed by atoms with Gasteiger partial charge in [-0.1, -0.05) is 0 Å². The van der Waals surface area contributed by atoms with Crippen LogP contribution in [0.2, 0.25) is 0 Å². The van der Waals surface area contributed by atoms with Crippen molar-refractivity contribution in [2.75, 3.05) is 12.3 Å². The number of carbonyl (C=O) groups is 1. The average molecular weight is 362 g/mol. The van der Waals surface area contributed by atoms with E-state index in [-0.39, 0.29) is 0 Å². The summed E-state index contributed by atoms with van der Waals surface area (Å²) >= 11 is 0. The molecule has 3 rings (SSSR count). The molecule has 0 aliphatic rings. The fourth-order valence-electron chi connectivity index (χ4n) is 4.28. The molecule has 0 atom stereocenters. The third-order valence-electron chi connectivity index (χ3n) is 5.62. The molecule has 3 aromatic carbocycles. The van der Waals surface area contributed by atoms with Crippen LogP contribution < -0.4 is 15.9 Å². The monoisotopic (exact) mass is 362 g/mol. The first-order valence-corrected chi connectivity index (χ1v) is 12.0. The topological polar surface area (TPSA) is 17.1 Å². The number of unbranched alkanes of at least 4 members (excludes halogenated alkanes) is 1. The van der Waals surface area contributed by atoms with E-state index in [0.29, 0.717) is 6.16 Å². The fourth-order valence-corrected chi connectivity index (χ4v) is 10.8. The Labute approximate surface area is 157 Å². The molecular weight excluding hydrogens is 335 g/mol. The van der Waals surface area contributed by atoms with Gasteiger partial charge in [0.2, 0.25) is 0 Å². The number of rotatable bonds is 8. The molecule has 0 fully saturated rings. The summed E-state index contributed by atoms with van der Waals surface area (Å²) < 4.78 is 0. The van der Waals surface area contributed by atoms with Crippen LogP contribution >= 0.6 is 6.60 Å². The molecule has 0 N–H and O–H groups in total. The Morgan fingerprint density at radius 2 is 1.08 bits per heavy atom. The number of benzene rings is 3. The van der Waals surface area contributed by atoms with Gasteiger partial charge in [0, 0.05) is 0 Å². The Kier molecular flexibility index (Phi) is 5.69. The van der Waals surface area contributed by atoms with Crippen LogP contribution in [0, 0.1) is 0 Å². The molecule has 0 heterocycles. The molecule has 0 aliphatic heterocycles. The van der Waals surface area contributed by atoms with Crippen molar-refractivity contribution >= 4 is 28.8 Å². The summed E-state index contributed by atoms with van der Waals surface area (Å²) in [6, 6.07) is 32.2. The third kappa shape index (κ3) is 2.91. The minimum atomic E-state index is -2.88. The summed E-state index contributed by atoms with van der Waals surface area (Å²) in [4.78, 5) is 12.1. The summed E-state index contributed by atoms with van der Waals surface area (Å²) in [5, 5.41) is 3.95. The molecule has 0 aromatic heterocycles. The Balaban J connectivity index is 2.47. The van der Waals surface area contributed by atoms with E-state index >= 15 is 0 Å². The van der Waals surface area contributed by atoms with E-state index in [9.17, 15) is 4.79 Å². The number of carbonyl (C=O) groups excluding carboxylic acids is 1. The molecule has 0 bridgehead atoms. The van der Waals surface area contributed by atoms with Crippen molar-refractivity contribution in [2.45, 2.75) is 19.8 Å². The van der Waals surface area contributed by atoms with Gasteiger partial charge < -0.3 is 0 Å². The summed E-state index contributed by atoms with van der Waals surface area (Å²) in [6.45, 7) is -0.646. The van der Waals surface area contributed by atoms with E-state index in [2.05, 4.69) is 97.9 Å². The standard InChI is InChI=1S/C24H27OP/c1-2-3-20-26(21-19-25,22-13-7-4-8-14-22,23-15-9-5-10-16-23)24-17-11-6-12-18-24/h4-19H,2-3,20-21H2,1H3. The van der Waals surface area contributed by atoms with Gasteiger partial charge in [0.1, 0.15) is 0 Å². The van der Waals surface area contributed by atoms with Gasteiger partial charge in [0.15, 0.2) is 0 Å². The summed E-state index contributed by atoms with van der Waals surface area (Å²) in [6.07, 6.45) is 4.95. The van der Waals surface area contributed by atoms with Crippen molar-refractivity contribution in [3.63, 3.8) is 0 Å². The Morgan fingerprint density at radius 1 is 0.692 bits per heavy atom. The fraction of sp³-hybridized carbons (Fsp3) is 0.208. The maximum atomic E-state index is 12.1. The second kappa shape index (κ2) is 7.98. The van der Waals surface area contributed by atoms with Crippen LogP contribution in [-0.2, 0) is 4.79 Å². The van der Waals surface area contributed by atoms with Crippen LogP contribution in [0.5, 0.6) is 0 Å². The zero-order chi connectivity index (χ0) is 18.3. The maximum absolute atomic E-state index is 12.1. The van der Waals surface area contributed by atoms with Gasteiger partial charge in [0.25, 0.3) is 0 Å².